The van der Waals surface area contributed by atoms with Crippen LogP contribution >= 0.6 is 0 Å². The number of hydrogen-bond donors (Lipinski definition) is 0. The van der Waals surface area contributed by atoms with Gasteiger partial charge in [0, 0.05) is 44.1 Å². The highest BCUT2D eigenvalue weighted by atomic mass is 16.1. The molecule has 1 spiro atoms. The van der Waals surface area contributed by atoms with E-state index in [-0.39, 0.29) is 5.78 Å². The van der Waals surface area contributed by atoms with Gasteiger partial charge in [-0.3, -0.25) is 4.79 Å². The van der Waals surface area contributed by atoms with Gasteiger partial charge < -0.3 is 9.13 Å². The Hall–Kier alpha value is -7.49. The molecule has 0 saturated carbocycles. The summed E-state index contributed by atoms with van der Waals surface area (Å²) in [4.78, 5) is 14.2. The number of fused-ring (bicyclic) bond motifs is 15. The van der Waals surface area contributed by atoms with Gasteiger partial charge in [0.1, 0.15) is 0 Å². The number of aromatic nitrogens is 2. The SMILES string of the molecule is O=C1c2ccccc2C2(c3ccccc31)c1ccccc1-c1cc3c4cc(-c5ccc6c(c5)c5ccccc5n6-c5ccccc5)ccc4n(C4=CC=CCC4)c3cc12. The summed E-state index contributed by atoms with van der Waals surface area (Å²) in [6.07, 6.45) is 8.72. The highest BCUT2D eigenvalue weighted by Crippen LogP contribution is 2.60. The first-order valence-electron chi connectivity index (χ1n) is 20.6. The Bertz CT molecular complexity index is 3470. The number of nitrogens with zero attached hydrogens (tertiary/aromatic N) is 2. The van der Waals surface area contributed by atoms with Gasteiger partial charge in [0.25, 0.3) is 0 Å². The Labute approximate surface area is 341 Å². The van der Waals surface area contributed by atoms with Crippen molar-refractivity contribution in [3.05, 3.63) is 228 Å². The summed E-state index contributed by atoms with van der Waals surface area (Å²) >= 11 is 0. The second-order valence-corrected chi connectivity index (χ2v) is 16.2. The van der Waals surface area contributed by atoms with Gasteiger partial charge in [-0.25, -0.2) is 0 Å². The number of allylic oxidation sites excluding steroid dienone is 4. The molecule has 0 amide bonds. The van der Waals surface area contributed by atoms with E-state index in [1.54, 1.807) is 0 Å². The minimum Gasteiger partial charge on any atom is -0.313 e. The highest BCUT2D eigenvalue weighted by Gasteiger charge is 2.51. The molecule has 0 aliphatic heterocycles. The second-order valence-electron chi connectivity index (χ2n) is 16.2. The van der Waals surface area contributed by atoms with E-state index < -0.39 is 5.41 Å². The van der Waals surface area contributed by atoms with Crippen LogP contribution in [0.4, 0.5) is 0 Å². The lowest BCUT2D eigenvalue weighted by atomic mass is 9.61. The third-order valence-electron chi connectivity index (χ3n) is 13.4. The molecule has 10 aromatic rings. The first-order chi connectivity index (χ1) is 29.2. The predicted molar refractivity (Wildman–Crippen MR) is 243 cm³/mol. The molecule has 3 aliphatic rings. The van der Waals surface area contributed by atoms with Crippen LogP contribution in [0.25, 0.3) is 77.2 Å². The minimum absolute atomic E-state index is 0.0949. The number of para-hydroxylation sites is 2. The molecule has 0 bridgehead atoms. The molecule has 0 N–H and O–H groups in total. The van der Waals surface area contributed by atoms with Gasteiger partial charge in [-0.05, 0) is 118 Å². The van der Waals surface area contributed by atoms with E-state index in [1.807, 2.05) is 24.3 Å². The number of ketones is 1. The molecular formula is C56H36N2O. The maximum atomic E-state index is 14.2. The van der Waals surface area contributed by atoms with Crippen molar-refractivity contribution in [2.45, 2.75) is 18.3 Å². The van der Waals surface area contributed by atoms with E-state index >= 15 is 0 Å². The molecule has 0 unspecified atom stereocenters. The maximum absolute atomic E-state index is 14.2. The summed E-state index contributed by atoms with van der Waals surface area (Å²) in [6.45, 7) is 0. The first-order valence-corrected chi connectivity index (χ1v) is 20.6. The van der Waals surface area contributed by atoms with Crippen LogP contribution < -0.4 is 0 Å². The summed E-state index contributed by atoms with van der Waals surface area (Å²) < 4.78 is 4.89. The Morgan fingerprint density at radius 1 is 0.424 bits per heavy atom. The van der Waals surface area contributed by atoms with E-state index in [9.17, 15) is 4.79 Å². The molecule has 2 aromatic heterocycles. The number of carbonyl (C=O) groups excluding carboxylic acids is 1. The highest BCUT2D eigenvalue weighted by molar-refractivity contribution is 6.17. The average Bonchev–Trinajstić information content (AvgIpc) is 3.91. The lowest BCUT2D eigenvalue weighted by Crippen LogP contribution is -2.36. The smallest absolute Gasteiger partial charge is 0.193 e. The number of hydrogen-bond acceptors (Lipinski definition) is 1. The quantitative estimate of drug-likeness (QED) is 0.177. The van der Waals surface area contributed by atoms with Crippen molar-refractivity contribution < 1.29 is 4.79 Å². The normalized spacial score (nSPS) is 14.8. The topological polar surface area (TPSA) is 26.9 Å². The fourth-order valence-corrected chi connectivity index (χ4v) is 10.9. The van der Waals surface area contributed by atoms with Crippen LogP contribution in [0.5, 0.6) is 0 Å². The van der Waals surface area contributed by atoms with Crippen molar-refractivity contribution >= 4 is 55.1 Å². The van der Waals surface area contributed by atoms with Crippen molar-refractivity contribution in [2.75, 3.05) is 0 Å². The number of benzene rings is 8. The predicted octanol–water partition coefficient (Wildman–Crippen LogP) is 13.7. The third-order valence-corrected chi connectivity index (χ3v) is 13.4. The maximum Gasteiger partial charge on any atom is 0.193 e. The van der Waals surface area contributed by atoms with E-state index in [4.69, 9.17) is 0 Å². The van der Waals surface area contributed by atoms with E-state index in [2.05, 4.69) is 179 Å². The van der Waals surface area contributed by atoms with Gasteiger partial charge in [0.2, 0.25) is 0 Å². The first kappa shape index (κ1) is 32.6. The van der Waals surface area contributed by atoms with Crippen molar-refractivity contribution in [2.24, 2.45) is 0 Å². The number of carbonyl (C=O) groups is 1. The molecule has 59 heavy (non-hydrogen) atoms. The molecule has 3 aliphatic carbocycles. The van der Waals surface area contributed by atoms with Crippen LogP contribution in [-0.2, 0) is 5.41 Å². The van der Waals surface area contributed by atoms with Crippen molar-refractivity contribution in [3.8, 4) is 27.9 Å². The summed E-state index contributed by atoms with van der Waals surface area (Å²) in [5.74, 6) is 0.0949. The van der Waals surface area contributed by atoms with Crippen molar-refractivity contribution in [1.29, 1.82) is 0 Å². The Kier molecular flexibility index (Phi) is 6.64. The monoisotopic (exact) mass is 752 g/mol. The third kappa shape index (κ3) is 4.29. The van der Waals surface area contributed by atoms with Gasteiger partial charge >= 0.3 is 0 Å². The molecule has 13 rings (SSSR count). The fourth-order valence-electron chi connectivity index (χ4n) is 10.9. The van der Waals surface area contributed by atoms with Crippen LogP contribution in [0.2, 0.25) is 0 Å². The second kappa shape index (κ2) is 12.0. The van der Waals surface area contributed by atoms with Crippen LogP contribution in [0, 0.1) is 0 Å². The van der Waals surface area contributed by atoms with Crippen LogP contribution in [0.1, 0.15) is 51.0 Å². The van der Waals surface area contributed by atoms with Gasteiger partial charge in [-0.2, -0.15) is 0 Å². The summed E-state index contributed by atoms with van der Waals surface area (Å²) in [6, 6.07) is 63.8. The Morgan fingerprint density at radius 2 is 0.983 bits per heavy atom. The molecule has 0 radical (unpaired) electrons. The summed E-state index contributed by atoms with van der Waals surface area (Å²) in [7, 11) is 0. The van der Waals surface area contributed by atoms with Gasteiger partial charge in [-0.15, -0.1) is 0 Å². The Balaban J connectivity index is 1.09. The van der Waals surface area contributed by atoms with Crippen molar-refractivity contribution in [3.63, 3.8) is 0 Å². The fraction of sp³-hybridized carbons (Fsp3) is 0.0536. The van der Waals surface area contributed by atoms with Gasteiger partial charge in [-0.1, -0.05) is 133 Å². The molecule has 0 saturated heterocycles. The van der Waals surface area contributed by atoms with Crippen LogP contribution in [0.3, 0.4) is 0 Å². The largest absolute Gasteiger partial charge is 0.313 e. The lowest BCUT2D eigenvalue weighted by molar-refractivity contribution is 0.103. The van der Waals surface area contributed by atoms with Crippen LogP contribution in [0.15, 0.2) is 194 Å². The van der Waals surface area contributed by atoms with Gasteiger partial charge in [0.15, 0.2) is 5.78 Å². The zero-order chi connectivity index (χ0) is 38.8. The molecule has 0 atom stereocenters. The van der Waals surface area contributed by atoms with Crippen LogP contribution in [-0.4, -0.2) is 14.9 Å². The van der Waals surface area contributed by atoms with E-state index in [0.29, 0.717) is 0 Å². The molecule has 3 heteroatoms. The van der Waals surface area contributed by atoms with E-state index in [1.165, 1.54) is 82.7 Å². The zero-order valence-corrected chi connectivity index (χ0v) is 32.2. The lowest BCUT2D eigenvalue weighted by Gasteiger charge is -2.39. The summed E-state index contributed by atoms with van der Waals surface area (Å²) in [5, 5.41) is 4.97. The molecule has 8 aromatic carbocycles. The summed E-state index contributed by atoms with van der Waals surface area (Å²) in [5.41, 5.74) is 17.6. The number of rotatable bonds is 3. The van der Waals surface area contributed by atoms with Crippen molar-refractivity contribution in [1.82, 2.24) is 9.13 Å². The minimum atomic E-state index is -0.636. The molecule has 2 heterocycles. The molecular weight excluding hydrogens is 717 g/mol. The van der Waals surface area contributed by atoms with E-state index in [0.717, 1.165) is 40.8 Å². The molecule has 0 fully saturated rings. The Morgan fingerprint density at radius 3 is 1.68 bits per heavy atom. The van der Waals surface area contributed by atoms with Gasteiger partial charge in [0.05, 0.1) is 27.5 Å². The zero-order valence-electron chi connectivity index (χ0n) is 32.2. The standard InChI is InChI=1S/C56H36N2O/c59-55-41-21-8-12-24-48(41)56(49-25-13-9-22-42(49)55)47-23-11-7-19-39(47)43-33-46-45-32-36(28-30-53(45)58(54(46)34-50(43)56)38-17-5-2-6-18-38)35-27-29-52-44(31-35)40-20-10-14-26-51(40)57(52)37-15-3-1-4-16-37/h1-5,7-17,19-34H,6,18H2. The average molecular weight is 753 g/mol. The molecule has 3 nitrogen and oxygen atoms in total. The molecule has 276 valence electrons.